The van der Waals surface area contributed by atoms with Gasteiger partial charge in [0.05, 0.1) is 6.54 Å². The monoisotopic (exact) mass is 212 g/mol. The summed E-state index contributed by atoms with van der Waals surface area (Å²) in [4.78, 5) is 22.7. The van der Waals surface area contributed by atoms with E-state index in [0.717, 1.165) is 11.3 Å². The average molecular weight is 212 g/mol. The number of carbonyl (C=O) groups excluding carboxylic acids is 2. The van der Waals surface area contributed by atoms with Crippen LogP contribution >= 0.6 is 11.3 Å². The Balaban J connectivity index is 2.25. The standard InChI is InChI=1S/C8H10N3O2S/c9-11-8(13)4-7(12)10-5-6-2-1-3-14-6/h1-4H,5,9H2,(H,10,12)(H,11,13). The van der Waals surface area contributed by atoms with Crippen LogP contribution in [0.3, 0.4) is 0 Å². The summed E-state index contributed by atoms with van der Waals surface area (Å²) in [5.41, 5.74) is 1.84. The van der Waals surface area contributed by atoms with Crippen molar-refractivity contribution in [2.75, 3.05) is 0 Å². The van der Waals surface area contributed by atoms with Crippen LogP contribution in [0.5, 0.6) is 0 Å². The fourth-order valence-corrected chi connectivity index (χ4v) is 1.44. The van der Waals surface area contributed by atoms with E-state index >= 15 is 0 Å². The van der Waals surface area contributed by atoms with Crippen LogP contribution in [0.2, 0.25) is 0 Å². The first kappa shape index (κ1) is 10.7. The number of carbonyl (C=O) groups is 2. The molecule has 14 heavy (non-hydrogen) atoms. The number of hydrazine groups is 1. The molecule has 0 aromatic carbocycles. The third-order valence-electron chi connectivity index (χ3n) is 1.42. The van der Waals surface area contributed by atoms with Gasteiger partial charge in [0.15, 0.2) is 0 Å². The number of thiophene rings is 1. The van der Waals surface area contributed by atoms with Gasteiger partial charge in [0.2, 0.25) is 11.8 Å². The van der Waals surface area contributed by atoms with Gasteiger partial charge in [-0.3, -0.25) is 15.0 Å². The Hall–Kier alpha value is -1.40. The predicted octanol–water partition coefficient (Wildman–Crippen LogP) is -0.442. The van der Waals surface area contributed by atoms with Gasteiger partial charge in [0.1, 0.15) is 6.42 Å². The summed E-state index contributed by atoms with van der Waals surface area (Å²) in [5, 5.41) is 4.46. The predicted molar refractivity (Wildman–Crippen MR) is 52.8 cm³/mol. The van der Waals surface area contributed by atoms with E-state index in [9.17, 15) is 9.59 Å². The lowest BCUT2D eigenvalue weighted by Crippen LogP contribution is -2.35. The summed E-state index contributed by atoms with van der Waals surface area (Å²) in [5.74, 6) is 3.73. The summed E-state index contributed by atoms with van der Waals surface area (Å²) in [6.45, 7) is 0.421. The molecule has 2 amide bonds. The second-order valence-electron chi connectivity index (χ2n) is 2.45. The highest BCUT2D eigenvalue weighted by atomic mass is 32.1. The fraction of sp³-hybridized carbons (Fsp3) is 0.125. The van der Waals surface area contributed by atoms with Crippen molar-refractivity contribution in [2.45, 2.75) is 6.54 Å². The maximum absolute atomic E-state index is 11.0. The molecule has 75 valence electrons. The van der Waals surface area contributed by atoms with Crippen LogP contribution in [0.25, 0.3) is 0 Å². The highest BCUT2D eigenvalue weighted by Crippen LogP contribution is 2.07. The quantitative estimate of drug-likeness (QED) is 0.274. The number of amides is 2. The SMILES string of the molecule is NNC(=O)[CH]C(=O)NCc1cccs1. The number of hydrogen-bond acceptors (Lipinski definition) is 4. The van der Waals surface area contributed by atoms with Crippen molar-refractivity contribution in [2.24, 2.45) is 5.84 Å². The molecule has 0 bridgehead atoms. The number of nitrogens with two attached hydrogens (primary N) is 1. The molecule has 5 nitrogen and oxygen atoms in total. The van der Waals surface area contributed by atoms with Crippen molar-refractivity contribution in [3.05, 3.63) is 28.8 Å². The van der Waals surface area contributed by atoms with E-state index in [1.165, 1.54) is 11.3 Å². The van der Waals surface area contributed by atoms with E-state index in [1.54, 1.807) is 0 Å². The van der Waals surface area contributed by atoms with Gasteiger partial charge in [-0.1, -0.05) is 6.07 Å². The molecule has 0 aliphatic heterocycles. The van der Waals surface area contributed by atoms with Crippen molar-refractivity contribution < 1.29 is 9.59 Å². The van der Waals surface area contributed by atoms with E-state index < -0.39 is 11.8 Å². The molecule has 0 aliphatic carbocycles. The van der Waals surface area contributed by atoms with Gasteiger partial charge >= 0.3 is 0 Å². The Morgan fingerprint density at radius 3 is 2.86 bits per heavy atom. The van der Waals surface area contributed by atoms with Crippen LogP contribution in [-0.2, 0) is 16.1 Å². The van der Waals surface area contributed by atoms with Crippen molar-refractivity contribution in [3.63, 3.8) is 0 Å². The fourth-order valence-electron chi connectivity index (χ4n) is 0.799. The molecule has 6 heteroatoms. The van der Waals surface area contributed by atoms with E-state index in [4.69, 9.17) is 5.84 Å². The van der Waals surface area contributed by atoms with E-state index in [2.05, 4.69) is 5.32 Å². The second kappa shape index (κ2) is 5.36. The minimum Gasteiger partial charge on any atom is -0.350 e. The summed E-state index contributed by atoms with van der Waals surface area (Å²) >= 11 is 1.54. The minimum atomic E-state index is -0.617. The number of nitrogens with one attached hydrogen (secondary N) is 2. The van der Waals surface area contributed by atoms with Gasteiger partial charge in [0.25, 0.3) is 0 Å². The van der Waals surface area contributed by atoms with Crippen LogP contribution in [0.1, 0.15) is 4.88 Å². The molecule has 0 spiro atoms. The Morgan fingerprint density at radius 1 is 1.50 bits per heavy atom. The van der Waals surface area contributed by atoms with Gasteiger partial charge in [0, 0.05) is 4.88 Å². The first-order chi connectivity index (χ1) is 6.72. The van der Waals surface area contributed by atoms with Crippen molar-refractivity contribution >= 4 is 23.2 Å². The van der Waals surface area contributed by atoms with E-state index in [-0.39, 0.29) is 0 Å². The van der Waals surface area contributed by atoms with Gasteiger partial charge < -0.3 is 5.32 Å². The molecule has 1 aromatic heterocycles. The maximum atomic E-state index is 11.0. The van der Waals surface area contributed by atoms with Crippen LogP contribution in [0.15, 0.2) is 17.5 Å². The van der Waals surface area contributed by atoms with Crippen molar-refractivity contribution in [1.29, 1.82) is 0 Å². The maximum Gasteiger partial charge on any atom is 0.247 e. The Bertz CT molecular complexity index is 310. The van der Waals surface area contributed by atoms with Crippen LogP contribution < -0.4 is 16.6 Å². The summed E-state index contributed by atoms with van der Waals surface area (Å²) in [6, 6.07) is 3.79. The number of hydrogen-bond donors (Lipinski definition) is 3. The Labute approximate surface area is 85.3 Å². The van der Waals surface area contributed by atoms with Gasteiger partial charge in [-0.15, -0.1) is 11.3 Å². The second-order valence-corrected chi connectivity index (χ2v) is 3.48. The van der Waals surface area contributed by atoms with Gasteiger partial charge in [-0.05, 0) is 11.4 Å². The minimum absolute atomic E-state index is 0.421. The van der Waals surface area contributed by atoms with Crippen LogP contribution in [0.4, 0.5) is 0 Å². The lowest BCUT2D eigenvalue weighted by molar-refractivity contribution is -0.124. The van der Waals surface area contributed by atoms with Crippen molar-refractivity contribution in [3.8, 4) is 0 Å². The molecule has 0 unspecified atom stereocenters. The van der Waals surface area contributed by atoms with E-state index in [0.29, 0.717) is 6.54 Å². The summed E-state index contributed by atoms with van der Waals surface area (Å²) < 4.78 is 0. The third-order valence-corrected chi connectivity index (χ3v) is 2.30. The molecular weight excluding hydrogens is 202 g/mol. The molecule has 4 N–H and O–H groups in total. The molecule has 0 aliphatic rings. The van der Waals surface area contributed by atoms with Crippen LogP contribution in [-0.4, -0.2) is 11.8 Å². The molecule has 1 radical (unpaired) electrons. The average Bonchev–Trinajstić information content (AvgIpc) is 2.67. The van der Waals surface area contributed by atoms with Crippen LogP contribution in [0, 0.1) is 6.42 Å². The molecule has 0 fully saturated rings. The lowest BCUT2D eigenvalue weighted by atomic mass is 10.3. The largest absolute Gasteiger partial charge is 0.350 e. The van der Waals surface area contributed by atoms with Crippen molar-refractivity contribution in [1.82, 2.24) is 10.7 Å². The summed E-state index contributed by atoms with van der Waals surface area (Å²) in [7, 11) is 0. The zero-order chi connectivity index (χ0) is 10.4. The first-order valence-electron chi connectivity index (χ1n) is 3.88. The molecule has 1 aromatic rings. The topological polar surface area (TPSA) is 84.2 Å². The van der Waals surface area contributed by atoms with Gasteiger partial charge in [-0.25, -0.2) is 5.84 Å². The molecule has 0 saturated carbocycles. The Kier molecular flexibility index (Phi) is 4.09. The third kappa shape index (κ3) is 3.55. The Morgan fingerprint density at radius 2 is 2.29 bits per heavy atom. The zero-order valence-electron chi connectivity index (χ0n) is 7.32. The zero-order valence-corrected chi connectivity index (χ0v) is 8.14. The van der Waals surface area contributed by atoms with E-state index in [1.807, 2.05) is 22.9 Å². The molecular formula is C8H10N3O2S. The highest BCUT2D eigenvalue weighted by Gasteiger charge is 2.07. The van der Waals surface area contributed by atoms with Gasteiger partial charge in [-0.2, -0.15) is 0 Å². The number of rotatable bonds is 4. The molecule has 1 rings (SSSR count). The molecule has 1 heterocycles. The lowest BCUT2D eigenvalue weighted by Gasteiger charge is -2.01. The first-order valence-corrected chi connectivity index (χ1v) is 4.76. The molecule has 0 atom stereocenters. The highest BCUT2D eigenvalue weighted by molar-refractivity contribution is 7.09. The summed E-state index contributed by atoms with van der Waals surface area (Å²) in [6.07, 6.45) is 0.869. The molecule has 0 saturated heterocycles. The smallest absolute Gasteiger partial charge is 0.247 e. The normalized spacial score (nSPS) is 9.50.